The second-order valence-corrected chi connectivity index (χ2v) is 4.38. The van der Waals surface area contributed by atoms with Crippen molar-refractivity contribution >= 4 is 5.97 Å². The van der Waals surface area contributed by atoms with Gasteiger partial charge in [-0.3, -0.25) is 4.79 Å². The Morgan fingerprint density at radius 3 is 2.50 bits per heavy atom. The van der Waals surface area contributed by atoms with Gasteiger partial charge in [0, 0.05) is 12.5 Å². The maximum atomic E-state index is 10.7. The molecule has 3 heteroatoms. The monoisotopic (exact) mass is 199 g/mol. The third-order valence-electron chi connectivity index (χ3n) is 3.44. The zero-order valence-electron chi connectivity index (χ0n) is 8.91. The van der Waals surface area contributed by atoms with E-state index >= 15 is 0 Å². The zero-order valence-corrected chi connectivity index (χ0v) is 8.91. The van der Waals surface area contributed by atoms with Gasteiger partial charge < -0.3 is 10.8 Å². The third-order valence-corrected chi connectivity index (χ3v) is 3.44. The molecule has 0 aliphatic heterocycles. The molecule has 0 amide bonds. The summed E-state index contributed by atoms with van der Waals surface area (Å²) in [6, 6.07) is 0.0641. The first-order valence-electron chi connectivity index (χ1n) is 5.62. The van der Waals surface area contributed by atoms with Gasteiger partial charge in [-0.15, -0.1) is 0 Å². The molecular formula is C11H21NO2. The molecule has 0 aromatic rings. The summed E-state index contributed by atoms with van der Waals surface area (Å²) in [5, 5.41) is 8.83. The minimum Gasteiger partial charge on any atom is -0.481 e. The normalized spacial score (nSPS) is 22.1. The molecule has 1 fully saturated rings. The minimum atomic E-state index is -0.703. The van der Waals surface area contributed by atoms with Gasteiger partial charge in [-0.25, -0.2) is 0 Å². The largest absolute Gasteiger partial charge is 0.481 e. The van der Waals surface area contributed by atoms with Crippen LogP contribution in [0.25, 0.3) is 0 Å². The van der Waals surface area contributed by atoms with Gasteiger partial charge in [0.1, 0.15) is 0 Å². The Morgan fingerprint density at radius 1 is 1.50 bits per heavy atom. The van der Waals surface area contributed by atoms with Crippen LogP contribution in [0.15, 0.2) is 0 Å². The molecule has 0 aromatic carbocycles. The molecule has 0 aromatic heterocycles. The highest BCUT2D eigenvalue weighted by Crippen LogP contribution is 2.35. The number of nitrogens with two attached hydrogens (primary N) is 1. The van der Waals surface area contributed by atoms with E-state index in [1.807, 2.05) is 6.92 Å². The zero-order chi connectivity index (χ0) is 10.6. The van der Waals surface area contributed by atoms with Crippen molar-refractivity contribution in [2.45, 2.75) is 51.5 Å². The van der Waals surface area contributed by atoms with Crippen LogP contribution in [0.4, 0.5) is 0 Å². The van der Waals surface area contributed by atoms with E-state index in [1.165, 1.54) is 25.7 Å². The Morgan fingerprint density at radius 2 is 2.07 bits per heavy atom. The summed E-state index contributed by atoms with van der Waals surface area (Å²) in [6.45, 7) is 2.04. The molecule has 0 heterocycles. The number of hydrogen-bond acceptors (Lipinski definition) is 2. The van der Waals surface area contributed by atoms with E-state index in [0.29, 0.717) is 5.92 Å². The second kappa shape index (κ2) is 5.35. The van der Waals surface area contributed by atoms with Crippen molar-refractivity contribution in [1.82, 2.24) is 0 Å². The molecule has 2 atom stereocenters. The molecule has 2 unspecified atom stereocenters. The van der Waals surface area contributed by atoms with Crippen LogP contribution in [0.1, 0.15) is 45.4 Å². The Labute approximate surface area is 85.7 Å². The van der Waals surface area contributed by atoms with E-state index in [9.17, 15) is 4.79 Å². The number of rotatable bonds is 5. The molecular weight excluding hydrogens is 178 g/mol. The smallest absolute Gasteiger partial charge is 0.303 e. The van der Waals surface area contributed by atoms with Crippen LogP contribution >= 0.6 is 0 Å². The van der Waals surface area contributed by atoms with Gasteiger partial charge in [0.25, 0.3) is 0 Å². The highest BCUT2D eigenvalue weighted by atomic mass is 16.4. The quantitative estimate of drug-likeness (QED) is 0.712. The van der Waals surface area contributed by atoms with Gasteiger partial charge in [-0.1, -0.05) is 32.6 Å². The molecule has 3 nitrogen and oxygen atoms in total. The lowest BCUT2D eigenvalue weighted by atomic mass is 9.82. The highest BCUT2D eigenvalue weighted by molar-refractivity contribution is 5.67. The lowest BCUT2D eigenvalue weighted by Gasteiger charge is -2.27. The van der Waals surface area contributed by atoms with E-state index in [-0.39, 0.29) is 18.4 Å². The predicted octanol–water partition coefficient (Wildman–Crippen LogP) is 2.00. The van der Waals surface area contributed by atoms with Crippen LogP contribution < -0.4 is 5.73 Å². The van der Waals surface area contributed by atoms with Crippen molar-refractivity contribution < 1.29 is 9.90 Å². The summed E-state index contributed by atoms with van der Waals surface area (Å²) in [5.41, 5.74) is 5.98. The van der Waals surface area contributed by atoms with Crippen molar-refractivity contribution in [2.75, 3.05) is 0 Å². The molecule has 1 aliphatic rings. The number of hydrogen-bond donors (Lipinski definition) is 2. The topological polar surface area (TPSA) is 63.3 Å². The fourth-order valence-electron chi connectivity index (χ4n) is 2.56. The van der Waals surface area contributed by atoms with Crippen LogP contribution in [0, 0.1) is 11.8 Å². The molecule has 3 N–H and O–H groups in total. The molecule has 0 bridgehead atoms. The summed E-state index contributed by atoms with van der Waals surface area (Å²) < 4.78 is 0. The van der Waals surface area contributed by atoms with Gasteiger partial charge in [-0.05, 0) is 18.3 Å². The van der Waals surface area contributed by atoms with E-state index in [4.69, 9.17) is 10.8 Å². The van der Waals surface area contributed by atoms with E-state index in [2.05, 4.69) is 0 Å². The average molecular weight is 199 g/mol. The first-order valence-corrected chi connectivity index (χ1v) is 5.62. The summed E-state index contributed by atoms with van der Waals surface area (Å²) in [7, 11) is 0. The summed E-state index contributed by atoms with van der Waals surface area (Å²) in [6.07, 6.45) is 5.97. The first-order chi connectivity index (χ1) is 6.65. The SMILES string of the molecule is CCC(N)C(CC(=O)O)C1CCCC1. The Hall–Kier alpha value is -0.570. The van der Waals surface area contributed by atoms with E-state index in [1.54, 1.807) is 0 Å². The molecule has 14 heavy (non-hydrogen) atoms. The molecule has 1 rings (SSSR count). The predicted molar refractivity (Wildman–Crippen MR) is 56.0 cm³/mol. The van der Waals surface area contributed by atoms with Crippen molar-refractivity contribution in [3.8, 4) is 0 Å². The van der Waals surface area contributed by atoms with Gasteiger partial charge in [-0.2, -0.15) is 0 Å². The summed E-state index contributed by atoms with van der Waals surface area (Å²) in [4.78, 5) is 10.7. The molecule has 82 valence electrons. The van der Waals surface area contributed by atoms with Gasteiger partial charge in [0.15, 0.2) is 0 Å². The van der Waals surface area contributed by atoms with Crippen molar-refractivity contribution in [2.24, 2.45) is 17.6 Å². The number of carboxylic acid groups (broad SMARTS) is 1. The lowest BCUT2D eigenvalue weighted by Crippen LogP contribution is -2.35. The minimum absolute atomic E-state index is 0.0641. The Bertz CT molecular complexity index is 188. The molecule has 1 saturated carbocycles. The summed E-state index contributed by atoms with van der Waals surface area (Å²) in [5.74, 6) is 0.0480. The number of carboxylic acids is 1. The molecule has 1 aliphatic carbocycles. The third kappa shape index (κ3) is 2.98. The highest BCUT2D eigenvalue weighted by Gasteiger charge is 2.30. The molecule has 0 saturated heterocycles. The van der Waals surface area contributed by atoms with Crippen LogP contribution in [0.5, 0.6) is 0 Å². The van der Waals surface area contributed by atoms with Gasteiger partial charge in [0.2, 0.25) is 0 Å². The van der Waals surface area contributed by atoms with Crippen molar-refractivity contribution in [3.63, 3.8) is 0 Å². The van der Waals surface area contributed by atoms with Gasteiger partial charge >= 0.3 is 5.97 Å². The van der Waals surface area contributed by atoms with Crippen molar-refractivity contribution in [3.05, 3.63) is 0 Å². The van der Waals surface area contributed by atoms with Crippen LogP contribution in [0.2, 0.25) is 0 Å². The van der Waals surface area contributed by atoms with E-state index in [0.717, 1.165) is 6.42 Å². The maximum Gasteiger partial charge on any atom is 0.303 e. The maximum absolute atomic E-state index is 10.7. The summed E-state index contributed by atoms with van der Waals surface area (Å²) >= 11 is 0. The fourth-order valence-corrected chi connectivity index (χ4v) is 2.56. The molecule has 0 radical (unpaired) electrons. The Balaban J connectivity index is 2.54. The van der Waals surface area contributed by atoms with Gasteiger partial charge in [0.05, 0.1) is 0 Å². The van der Waals surface area contributed by atoms with Crippen LogP contribution in [-0.2, 0) is 4.79 Å². The molecule has 0 spiro atoms. The standard InChI is InChI=1S/C11H21NO2/c1-2-10(12)9(7-11(13)14)8-5-3-4-6-8/h8-10H,2-7,12H2,1H3,(H,13,14). The lowest BCUT2D eigenvalue weighted by molar-refractivity contribution is -0.138. The van der Waals surface area contributed by atoms with Crippen molar-refractivity contribution in [1.29, 1.82) is 0 Å². The van der Waals surface area contributed by atoms with Crippen LogP contribution in [-0.4, -0.2) is 17.1 Å². The average Bonchev–Trinajstić information content (AvgIpc) is 2.65. The van der Waals surface area contributed by atoms with Crippen LogP contribution in [0.3, 0.4) is 0 Å². The second-order valence-electron chi connectivity index (χ2n) is 4.38. The Kier molecular flexibility index (Phi) is 4.39. The first kappa shape index (κ1) is 11.5. The fraction of sp³-hybridized carbons (Fsp3) is 0.909. The van der Waals surface area contributed by atoms with E-state index < -0.39 is 5.97 Å². The number of carbonyl (C=O) groups is 1. The number of aliphatic carboxylic acids is 1.